The zero-order chi connectivity index (χ0) is 21.5. The van der Waals surface area contributed by atoms with Crippen LogP contribution in [-0.2, 0) is 20.6 Å². The molecule has 32 heavy (non-hydrogen) atoms. The van der Waals surface area contributed by atoms with Gasteiger partial charge in [0.25, 0.3) is 0 Å². The van der Waals surface area contributed by atoms with E-state index in [1.807, 2.05) is 0 Å². The maximum absolute atomic E-state index is 6.52. The Morgan fingerprint density at radius 1 is 0.906 bits per heavy atom. The van der Waals surface area contributed by atoms with Crippen LogP contribution in [0.25, 0.3) is 0 Å². The van der Waals surface area contributed by atoms with E-state index in [2.05, 4.69) is 37.3 Å². The van der Waals surface area contributed by atoms with Gasteiger partial charge >= 0.3 is 0 Å². The van der Waals surface area contributed by atoms with Gasteiger partial charge in [0, 0.05) is 18.4 Å². The Kier molecular flexibility index (Phi) is 5.81. The molecule has 174 valence electrons. The summed E-state index contributed by atoms with van der Waals surface area (Å²) in [6.45, 7) is 4.14. The maximum atomic E-state index is 6.52. The van der Waals surface area contributed by atoms with Crippen molar-refractivity contribution in [3.8, 4) is 5.75 Å². The second kappa shape index (κ2) is 8.77. The third-order valence-corrected chi connectivity index (χ3v) is 8.98. The monoisotopic (exact) mass is 438 g/mol. The number of hydrogen-bond donors (Lipinski definition) is 0. The van der Waals surface area contributed by atoms with Crippen molar-refractivity contribution < 1.29 is 18.9 Å². The number of ether oxygens (including phenoxy) is 4. The summed E-state index contributed by atoms with van der Waals surface area (Å²) in [6, 6.07) is 6.84. The van der Waals surface area contributed by atoms with Crippen LogP contribution in [0.1, 0.15) is 81.8 Å². The molecule has 0 N–H and O–H groups in total. The Hall–Kier alpha value is -1.36. The van der Waals surface area contributed by atoms with E-state index in [9.17, 15) is 0 Å². The molecule has 2 aliphatic heterocycles. The van der Waals surface area contributed by atoms with E-state index in [-0.39, 0.29) is 24.1 Å². The molecule has 0 bridgehead atoms. The van der Waals surface area contributed by atoms with E-state index in [4.69, 9.17) is 18.9 Å². The first-order valence-electron chi connectivity index (χ1n) is 13.1. The number of benzene rings is 1. The summed E-state index contributed by atoms with van der Waals surface area (Å²) >= 11 is 0. The number of rotatable bonds is 4. The van der Waals surface area contributed by atoms with Crippen molar-refractivity contribution in [2.45, 2.75) is 95.7 Å². The Balaban J connectivity index is 1.16. The van der Waals surface area contributed by atoms with Crippen molar-refractivity contribution in [2.75, 3.05) is 13.2 Å². The molecule has 0 amide bonds. The minimum absolute atomic E-state index is 0.00894. The van der Waals surface area contributed by atoms with Gasteiger partial charge in [-0.1, -0.05) is 25.1 Å². The molecule has 0 radical (unpaired) electrons. The van der Waals surface area contributed by atoms with Gasteiger partial charge in [-0.2, -0.15) is 0 Å². The van der Waals surface area contributed by atoms with E-state index in [0.29, 0.717) is 17.8 Å². The molecular formula is C28H38O4. The van der Waals surface area contributed by atoms with Gasteiger partial charge in [-0.15, -0.1) is 0 Å². The first-order valence-corrected chi connectivity index (χ1v) is 13.1. The number of allylic oxidation sites excluding steroid dienone is 1. The lowest BCUT2D eigenvalue weighted by molar-refractivity contribution is -0.205. The molecule has 1 aromatic carbocycles. The Morgan fingerprint density at radius 2 is 1.72 bits per heavy atom. The molecule has 1 saturated carbocycles. The van der Waals surface area contributed by atoms with E-state index in [0.717, 1.165) is 44.6 Å². The number of hydrogen-bond acceptors (Lipinski definition) is 4. The van der Waals surface area contributed by atoms with Crippen molar-refractivity contribution in [1.82, 2.24) is 0 Å². The Morgan fingerprint density at radius 3 is 2.50 bits per heavy atom. The predicted molar refractivity (Wildman–Crippen MR) is 124 cm³/mol. The van der Waals surface area contributed by atoms with Crippen molar-refractivity contribution in [1.29, 1.82) is 0 Å². The average molecular weight is 439 g/mol. The van der Waals surface area contributed by atoms with Crippen molar-refractivity contribution >= 4 is 0 Å². The van der Waals surface area contributed by atoms with Gasteiger partial charge in [-0.05, 0) is 98.8 Å². The lowest BCUT2D eigenvalue weighted by Gasteiger charge is -2.51. The fraction of sp³-hybridized carbons (Fsp3) is 0.714. The highest BCUT2D eigenvalue weighted by Crippen LogP contribution is 2.59. The topological polar surface area (TPSA) is 36.9 Å². The first kappa shape index (κ1) is 21.2. The van der Waals surface area contributed by atoms with E-state index in [1.165, 1.54) is 44.1 Å². The second-order valence-electron chi connectivity index (χ2n) is 10.9. The van der Waals surface area contributed by atoms with Crippen LogP contribution in [0.15, 0.2) is 30.4 Å². The van der Waals surface area contributed by atoms with Crippen molar-refractivity contribution in [2.24, 2.45) is 17.3 Å². The smallest absolute Gasteiger partial charge is 0.199 e. The fourth-order valence-corrected chi connectivity index (χ4v) is 7.18. The molecule has 2 heterocycles. The molecule has 1 aromatic rings. The largest absolute Gasteiger partial charge is 0.465 e. The normalized spacial score (nSPS) is 40.9. The van der Waals surface area contributed by atoms with Crippen LogP contribution < -0.4 is 4.74 Å². The molecule has 7 atom stereocenters. The highest BCUT2D eigenvalue weighted by Gasteiger charge is 2.53. The van der Waals surface area contributed by atoms with Gasteiger partial charge < -0.3 is 18.9 Å². The van der Waals surface area contributed by atoms with Crippen LogP contribution in [0.2, 0.25) is 0 Å². The first-order chi connectivity index (χ1) is 15.7. The van der Waals surface area contributed by atoms with Crippen molar-refractivity contribution in [3.63, 3.8) is 0 Å². The molecule has 3 aliphatic carbocycles. The molecule has 4 heteroatoms. The van der Waals surface area contributed by atoms with E-state index < -0.39 is 0 Å². The van der Waals surface area contributed by atoms with Crippen LogP contribution in [0.5, 0.6) is 5.75 Å². The van der Waals surface area contributed by atoms with Gasteiger partial charge in [0.15, 0.2) is 12.6 Å². The van der Waals surface area contributed by atoms with E-state index >= 15 is 0 Å². The summed E-state index contributed by atoms with van der Waals surface area (Å²) in [7, 11) is 0. The Labute approximate surface area is 192 Å². The molecule has 4 nitrogen and oxygen atoms in total. The minimum Gasteiger partial charge on any atom is -0.465 e. The van der Waals surface area contributed by atoms with Crippen LogP contribution in [0.4, 0.5) is 0 Å². The lowest BCUT2D eigenvalue weighted by atomic mass is 9.55. The summed E-state index contributed by atoms with van der Waals surface area (Å²) in [6.07, 6.45) is 16.7. The summed E-state index contributed by atoms with van der Waals surface area (Å²) in [4.78, 5) is 0. The zero-order valence-corrected chi connectivity index (χ0v) is 19.5. The maximum Gasteiger partial charge on any atom is 0.199 e. The molecule has 5 aliphatic rings. The number of fused-ring (bicyclic) bond motifs is 5. The summed E-state index contributed by atoms with van der Waals surface area (Å²) in [5, 5.41) is 0. The van der Waals surface area contributed by atoms with Crippen LogP contribution in [0, 0.1) is 17.3 Å². The molecule has 2 saturated heterocycles. The highest BCUT2D eigenvalue weighted by atomic mass is 16.7. The molecule has 5 unspecified atom stereocenters. The van der Waals surface area contributed by atoms with Gasteiger partial charge in [-0.25, -0.2) is 0 Å². The standard InChI is InChI=1S/C28H38O4/c1-28-15-14-22-21-11-9-20(31-26-6-2-4-16-29-26)18-19(21)8-10-23(22)24(28)12-13-25(28)32-27-7-3-5-17-30-27/h9,11-13,18,22-27H,2-8,10,14-17H2,1H3/t22?,23?,24?,25-,26?,27?,28-/m0/s1. The average Bonchev–Trinajstić information content (AvgIpc) is 3.16. The van der Waals surface area contributed by atoms with Crippen LogP contribution in [-0.4, -0.2) is 31.9 Å². The lowest BCUT2D eigenvalue weighted by Crippen LogP contribution is -2.46. The zero-order valence-electron chi connectivity index (χ0n) is 19.5. The fourth-order valence-electron chi connectivity index (χ4n) is 7.18. The summed E-state index contributed by atoms with van der Waals surface area (Å²) in [5.74, 6) is 2.96. The van der Waals surface area contributed by atoms with Gasteiger partial charge in [0.2, 0.25) is 0 Å². The molecule has 0 spiro atoms. The van der Waals surface area contributed by atoms with E-state index in [1.54, 1.807) is 5.56 Å². The third kappa shape index (κ3) is 3.82. The van der Waals surface area contributed by atoms with Gasteiger partial charge in [0.05, 0.1) is 12.7 Å². The Bertz CT molecular complexity index is 838. The van der Waals surface area contributed by atoms with Crippen molar-refractivity contribution in [3.05, 3.63) is 41.5 Å². The molecule has 6 rings (SSSR count). The SMILES string of the molecule is C[C@]12CCC3c4ccc(OC5CCCCO5)cc4CCC3C1C=C[C@@H]2OC1CCCCO1. The molecular weight excluding hydrogens is 400 g/mol. The quantitative estimate of drug-likeness (QED) is 0.530. The van der Waals surface area contributed by atoms with Gasteiger partial charge in [-0.3, -0.25) is 0 Å². The summed E-state index contributed by atoms with van der Waals surface area (Å²) in [5.41, 5.74) is 3.27. The van der Waals surface area contributed by atoms with Crippen LogP contribution >= 0.6 is 0 Å². The second-order valence-corrected chi connectivity index (χ2v) is 10.9. The summed E-state index contributed by atoms with van der Waals surface area (Å²) < 4.78 is 24.4. The molecule has 0 aromatic heterocycles. The highest BCUT2D eigenvalue weighted by molar-refractivity contribution is 5.41. The predicted octanol–water partition coefficient (Wildman–Crippen LogP) is 6.14. The number of aryl methyl sites for hydroxylation is 1. The third-order valence-electron chi connectivity index (χ3n) is 8.98. The molecule has 3 fully saturated rings. The minimum atomic E-state index is -0.0674. The van der Waals surface area contributed by atoms with Gasteiger partial charge in [0.1, 0.15) is 5.75 Å². The van der Waals surface area contributed by atoms with Crippen LogP contribution in [0.3, 0.4) is 0 Å².